The number of sulfonamides is 1. The Kier molecular flexibility index (Phi) is 3.10. The summed E-state index contributed by atoms with van der Waals surface area (Å²) in [5, 5.41) is 0. The zero-order valence-electron chi connectivity index (χ0n) is 11.0. The van der Waals surface area contributed by atoms with E-state index in [1.165, 1.54) is 11.4 Å². The lowest BCUT2D eigenvalue weighted by Gasteiger charge is -2.18. The monoisotopic (exact) mass is 290 g/mol. The molecule has 0 amide bonds. The normalized spacial score (nSPS) is 13.7. The lowest BCUT2D eigenvalue weighted by Crippen LogP contribution is -2.27. The largest absolute Gasteiger partial charge is 0.493 e. The van der Waals surface area contributed by atoms with Crippen molar-refractivity contribution in [2.24, 2.45) is 0 Å². The fourth-order valence-electron chi connectivity index (χ4n) is 2.14. The average Bonchev–Trinajstić information content (AvgIpc) is 2.94. The predicted molar refractivity (Wildman–Crippen MR) is 75.5 cm³/mol. The molecule has 1 aliphatic heterocycles. The first-order valence-electron chi connectivity index (χ1n) is 6.25. The van der Waals surface area contributed by atoms with Crippen LogP contribution in [0.5, 0.6) is 5.75 Å². The number of ether oxygens (including phenoxy) is 1. The van der Waals surface area contributed by atoms with Crippen LogP contribution in [0.15, 0.2) is 47.5 Å². The predicted octanol–water partition coefficient (Wildman–Crippen LogP) is 1.84. The van der Waals surface area contributed by atoms with Crippen LogP contribution in [0, 0.1) is 0 Å². The number of hydrogen-bond acceptors (Lipinski definition) is 4. The molecule has 104 valence electrons. The number of anilines is 1. The maximum Gasteiger partial charge on any atom is 0.265 e. The van der Waals surface area contributed by atoms with E-state index >= 15 is 0 Å². The minimum atomic E-state index is -3.60. The van der Waals surface area contributed by atoms with Gasteiger partial charge < -0.3 is 4.74 Å². The molecule has 0 atom stereocenters. The van der Waals surface area contributed by atoms with Crippen molar-refractivity contribution >= 4 is 15.8 Å². The van der Waals surface area contributed by atoms with Gasteiger partial charge >= 0.3 is 0 Å². The zero-order chi connectivity index (χ0) is 14.2. The van der Waals surface area contributed by atoms with Gasteiger partial charge in [0.25, 0.3) is 10.0 Å². The van der Waals surface area contributed by atoms with E-state index in [1.54, 1.807) is 42.6 Å². The zero-order valence-corrected chi connectivity index (χ0v) is 11.8. The van der Waals surface area contributed by atoms with Crippen LogP contribution in [0.4, 0.5) is 5.82 Å². The van der Waals surface area contributed by atoms with E-state index in [0.29, 0.717) is 12.4 Å². The van der Waals surface area contributed by atoms with Crippen molar-refractivity contribution in [3.8, 4) is 5.75 Å². The number of rotatable bonds is 3. The van der Waals surface area contributed by atoms with Gasteiger partial charge in [-0.05, 0) is 35.9 Å². The Morgan fingerprint density at radius 1 is 1.25 bits per heavy atom. The van der Waals surface area contributed by atoms with Crippen molar-refractivity contribution in [1.82, 2.24) is 4.98 Å². The van der Waals surface area contributed by atoms with Crippen molar-refractivity contribution in [3.63, 3.8) is 0 Å². The number of aromatic nitrogens is 1. The highest BCUT2D eigenvalue weighted by molar-refractivity contribution is 7.92. The molecular formula is C14H14N2O3S. The summed E-state index contributed by atoms with van der Waals surface area (Å²) in [4.78, 5) is 4.32. The van der Waals surface area contributed by atoms with Gasteiger partial charge in [0.05, 0.1) is 11.5 Å². The second-order valence-corrected chi connectivity index (χ2v) is 6.50. The second-order valence-electron chi connectivity index (χ2n) is 4.53. The number of nitrogens with zero attached hydrogens (tertiary/aromatic N) is 2. The van der Waals surface area contributed by atoms with Crippen molar-refractivity contribution in [1.29, 1.82) is 0 Å². The first-order valence-corrected chi connectivity index (χ1v) is 7.69. The Morgan fingerprint density at radius 2 is 2.10 bits per heavy atom. The van der Waals surface area contributed by atoms with Crippen molar-refractivity contribution in [2.45, 2.75) is 11.3 Å². The van der Waals surface area contributed by atoms with Gasteiger partial charge in [-0.2, -0.15) is 0 Å². The van der Waals surface area contributed by atoms with Crippen LogP contribution in [-0.2, 0) is 16.4 Å². The Hall–Kier alpha value is -2.08. The van der Waals surface area contributed by atoms with E-state index in [4.69, 9.17) is 4.74 Å². The van der Waals surface area contributed by atoms with Gasteiger partial charge in [0.1, 0.15) is 11.6 Å². The van der Waals surface area contributed by atoms with E-state index in [9.17, 15) is 8.42 Å². The molecule has 0 aliphatic carbocycles. The summed E-state index contributed by atoms with van der Waals surface area (Å²) in [5.74, 6) is 1.16. The van der Waals surface area contributed by atoms with Crippen LogP contribution in [0.3, 0.4) is 0 Å². The van der Waals surface area contributed by atoms with Gasteiger partial charge in [0.15, 0.2) is 0 Å². The molecule has 1 aromatic carbocycles. The van der Waals surface area contributed by atoms with Gasteiger partial charge in [0, 0.05) is 19.7 Å². The van der Waals surface area contributed by atoms with E-state index in [0.717, 1.165) is 17.7 Å². The third kappa shape index (κ3) is 2.12. The molecule has 0 saturated heterocycles. The smallest absolute Gasteiger partial charge is 0.265 e. The summed E-state index contributed by atoms with van der Waals surface area (Å²) < 4.78 is 31.7. The molecule has 0 radical (unpaired) electrons. The second kappa shape index (κ2) is 4.79. The summed E-state index contributed by atoms with van der Waals surface area (Å²) in [7, 11) is -2.10. The van der Waals surface area contributed by atoms with Crippen molar-refractivity contribution in [2.75, 3.05) is 18.0 Å². The Morgan fingerprint density at radius 3 is 2.85 bits per heavy atom. The van der Waals surface area contributed by atoms with Crippen LogP contribution in [0.2, 0.25) is 0 Å². The fourth-order valence-corrected chi connectivity index (χ4v) is 3.35. The van der Waals surface area contributed by atoms with Crippen LogP contribution in [0.25, 0.3) is 0 Å². The highest BCUT2D eigenvalue weighted by Crippen LogP contribution is 2.29. The van der Waals surface area contributed by atoms with E-state index in [2.05, 4.69) is 4.98 Å². The van der Waals surface area contributed by atoms with Gasteiger partial charge in [-0.1, -0.05) is 6.07 Å². The molecule has 2 aromatic rings. The van der Waals surface area contributed by atoms with E-state index in [-0.39, 0.29) is 4.90 Å². The van der Waals surface area contributed by atoms with Crippen molar-refractivity contribution < 1.29 is 13.2 Å². The molecule has 0 N–H and O–H groups in total. The molecule has 6 heteroatoms. The number of benzene rings is 1. The van der Waals surface area contributed by atoms with Crippen LogP contribution >= 0.6 is 0 Å². The molecule has 20 heavy (non-hydrogen) atoms. The maximum atomic E-state index is 12.6. The molecule has 0 spiro atoms. The van der Waals surface area contributed by atoms with Crippen LogP contribution in [0.1, 0.15) is 5.56 Å². The minimum absolute atomic E-state index is 0.259. The van der Waals surface area contributed by atoms with Crippen molar-refractivity contribution in [3.05, 3.63) is 48.2 Å². The quantitative estimate of drug-likeness (QED) is 0.865. The molecule has 2 heterocycles. The molecule has 5 nitrogen and oxygen atoms in total. The van der Waals surface area contributed by atoms with Gasteiger partial charge in [-0.3, -0.25) is 4.31 Å². The average molecular weight is 290 g/mol. The van der Waals surface area contributed by atoms with Crippen LogP contribution < -0.4 is 9.04 Å². The summed E-state index contributed by atoms with van der Waals surface area (Å²) in [6.07, 6.45) is 2.31. The number of fused-ring (bicyclic) bond motifs is 1. The summed E-state index contributed by atoms with van der Waals surface area (Å²) in [6.45, 7) is 0.606. The molecule has 0 fully saturated rings. The van der Waals surface area contributed by atoms with Gasteiger partial charge in [-0.25, -0.2) is 13.4 Å². The number of hydrogen-bond donors (Lipinski definition) is 0. The minimum Gasteiger partial charge on any atom is -0.493 e. The fraction of sp³-hybridized carbons (Fsp3) is 0.214. The lowest BCUT2D eigenvalue weighted by atomic mass is 10.2. The van der Waals surface area contributed by atoms with Gasteiger partial charge in [-0.15, -0.1) is 0 Å². The topological polar surface area (TPSA) is 59.5 Å². The third-order valence-corrected chi connectivity index (χ3v) is 5.05. The number of pyridine rings is 1. The summed E-state index contributed by atoms with van der Waals surface area (Å²) in [6, 6.07) is 10.1. The first-order chi connectivity index (χ1) is 9.59. The molecule has 0 saturated carbocycles. The van der Waals surface area contributed by atoms with Crippen LogP contribution in [-0.4, -0.2) is 27.1 Å². The van der Waals surface area contributed by atoms with E-state index < -0.39 is 10.0 Å². The van der Waals surface area contributed by atoms with E-state index in [1.807, 2.05) is 0 Å². The lowest BCUT2D eigenvalue weighted by molar-refractivity contribution is 0.356. The maximum absolute atomic E-state index is 12.6. The molecule has 0 unspecified atom stereocenters. The Labute approximate surface area is 117 Å². The molecular weight excluding hydrogens is 276 g/mol. The Balaban J connectivity index is 2.00. The molecule has 1 aliphatic rings. The highest BCUT2D eigenvalue weighted by Gasteiger charge is 2.24. The Bertz CT molecular complexity index is 729. The van der Waals surface area contributed by atoms with Gasteiger partial charge in [0.2, 0.25) is 0 Å². The first kappa shape index (κ1) is 12.9. The molecule has 1 aromatic heterocycles. The highest BCUT2D eigenvalue weighted by atomic mass is 32.2. The SMILES string of the molecule is CN(c1ccccn1)S(=O)(=O)c1ccc2c(c1)CCO2. The summed E-state index contributed by atoms with van der Waals surface area (Å²) in [5.41, 5.74) is 0.931. The standard InChI is InChI=1S/C14H14N2O3S/c1-16(14-4-2-3-8-15-14)20(17,18)12-5-6-13-11(10-12)7-9-19-13/h2-6,8,10H,7,9H2,1H3. The third-order valence-electron chi connectivity index (χ3n) is 3.29. The molecule has 3 rings (SSSR count). The molecule has 0 bridgehead atoms. The summed E-state index contributed by atoms with van der Waals surface area (Å²) >= 11 is 0.